The molecule has 0 atom stereocenters. The maximum absolute atomic E-state index is 13.1. The average Bonchev–Trinajstić information content (AvgIpc) is 3.05. The zero-order valence-corrected chi connectivity index (χ0v) is 16.3. The van der Waals surface area contributed by atoms with E-state index in [4.69, 9.17) is 0 Å². The molecule has 2 fully saturated rings. The van der Waals surface area contributed by atoms with Crippen LogP contribution in [-0.4, -0.2) is 51.3 Å². The van der Waals surface area contributed by atoms with E-state index in [1.54, 1.807) is 4.57 Å². The molecule has 2 aliphatic rings. The normalized spacial score (nSPS) is 18.4. The predicted molar refractivity (Wildman–Crippen MR) is 107 cm³/mol. The predicted octanol–water partition coefficient (Wildman–Crippen LogP) is 1.57. The molecule has 2 aromatic rings. The van der Waals surface area contributed by atoms with Gasteiger partial charge < -0.3 is 10.2 Å². The van der Waals surface area contributed by atoms with E-state index >= 15 is 0 Å². The zero-order chi connectivity index (χ0) is 19.3. The number of amides is 1. The van der Waals surface area contributed by atoms with Crippen LogP contribution in [0.3, 0.4) is 0 Å². The Balaban J connectivity index is 1.61. The molecule has 0 radical (unpaired) electrons. The van der Waals surface area contributed by atoms with Crippen molar-refractivity contribution in [1.29, 1.82) is 0 Å². The van der Waals surface area contributed by atoms with Gasteiger partial charge in [0.2, 0.25) is 5.91 Å². The third-order valence-corrected chi connectivity index (χ3v) is 5.83. The van der Waals surface area contributed by atoms with Crippen molar-refractivity contribution in [2.75, 3.05) is 26.2 Å². The number of aromatic nitrogens is 3. The van der Waals surface area contributed by atoms with Gasteiger partial charge in [0.05, 0.1) is 6.54 Å². The van der Waals surface area contributed by atoms with E-state index in [0.717, 1.165) is 63.3 Å². The van der Waals surface area contributed by atoms with Gasteiger partial charge in [-0.3, -0.25) is 9.36 Å². The van der Waals surface area contributed by atoms with E-state index in [1.165, 1.54) is 11.1 Å². The van der Waals surface area contributed by atoms with Crippen LogP contribution in [0.25, 0.3) is 0 Å². The summed E-state index contributed by atoms with van der Waals surface area (Å²) in [5, 5.41) is 8.02. The summed E-state index contributed by atoms with van der Waals surface area (Å²) in [5.74, 6) is 1.08. The average molecular weight is 383 g/mol. The molecule has 28 heavy (non-hydrogen) atoms. The van der Waals surface area contributed by atoms with Crippen LogP contribution in [0.1, 0.15) is 49.4 Å². The van der Waals surface area contributed by atoms with E-state index in [1.807, 2.05) is 35.2 Å². The fourth-order valence-corrected chi connectivity index (χ4v) is 4.23. The van der Waals surface area contributed by atoms with E-state index in [9.17, 15) is 9.59 Å². The second-order valence-electron chi connectivity index (χ2n) is 7.84. The first kappa shape index (κ1) is 18.9. The highest BCUT2D eigenvalue weighted by Gasteiger charge is 2.26. The van der Waals surface area contributed by atoms with Crippen molar-refractivity contribution in [2.24, 2.45) is 0 Å². The topological polar surface area (TPSA) is 72.2 Å². The summed E-state index contributed by atoms with van der Waals surface area (Å²) < 4.78 is 3.16. The molecule has 2 saturated heterocycles. The first-order valence-corrected chi connectivity index (χ1v) is 10.4. The van der Waals surface area contributed by atoms with Crippen molar-refractivity contribution in [2.45, 2.75) is 51.1 Å². The Morgan fingerprint density at radius 2 is 1.79 bits per heavy atom. The first-order chi connectivity index (χ1) is 13.7. The number of hydrogen-bond acceptors (Lipinski definition) is 4. The van der Waals surface area contributed by atoms with Gasteiger partial charge in [0.15, 0.2) is 0 Å². The fraction of sp³-hybridized carbons (Fsp3) is 0.571. The van der Waals surface area contributed by atoms with Crippen LogP contribution in [0.4, 0.5) is 0 Å². The van der Waals surface area contributed by atoms with Gasteiger partial charge in [0.1, 0.15) is 12.4 Å². The number of carbonyl (C=O) groups excluding carboxylic acids is 1. The highest BCUT2D eigenvalue weighted by atomic mass is 16.2. The Labute approximate surface area is 165 Å². The second kappa shape index (κ2) is 8.73. The standard InChI is InChI=1S/C21H29N5O2/c27-19(24-13-5-2-6-14-24)16-26-21(28)25(15-17-7-3-1-4-8-17)20(23-26)18-9-11-22-12-10-18/h1,3-4,7-8,18,22H,2,5-6,9-16H2. The summed E-state index contributed by atoms with van der Waals surface area (Å²) in [6.07, 6.45) is 5.19. The number of hydrogen-bond donors (Lipinski definition) is 1. The zero-order valence-electron chi connectivity index (χ0n) is 16.3. The van der Waals surface area contributed by atoms with Crippen molar-refractivity contribution >= 4 is 5.91 Å². The third kappa shape index (κ3) is 4.19. The van der Waals surface area contributed by atoms with Gasteiger partial charge in [-0.2, -0.15) is 5.10 Å². The van der Waals surface area contributed by atoms with Gasteiger partial charge in [-0.25, -0.2) is 9.48 Å². The van der Waals surface area contributed by atoms with Gasteiger partial charge in [-0.05, 0) is 50.8 Å². The maximum Gasteiger partial charge on any atom is 0.346 e. The number of likely N-dealkylation sites (tertiary alicyclic amines) is 1. The van der Waals surface area contributed by atoms with Crippen molar-refractivity contribution in [3.8, 4) is 0 Å². The number of nitrogens with zero attached hydrogens (tertiary/aromatic N) is 4. The lowest BCUT2D eigenvalue weighted by Crippen LogP contribution is -2.40. The lowest BCUT2D eigenvalue weighted by molar-refractivity contribution is -0.133. The molecule has 1 amide bonds. The number of rotatable bonds is 5. The monoisotopic (exact) mass is 383 g/mol. The van der Waals surface area contributed by atoms with Gasteiger partial charge in [0, 0.05) is 19.0 Å². The number of piperidine rings is 2. The SMILES string of the molecule is O=C(Cn1nc(C2CCNCC2)n(Cc2ccccc2)c1=O)N1CCCCC1. The Hall–Kier alpha value is -2.41. The van der Waals surface area contributed by atoms with Gasteiger partial charge in [-0.15, -0.1) is 0 Å². The van der Waals surface area contributed by atoms with Crippen LogP contribution >= 0.6 is 0 Å². The van der Waals surface area contributed by atoms with Crippen LogP contribution in [-0.2, 0) is 17.9 Å². The van der Waals surface area contributed by atoms with Crippen LogP contribution in [0.2, 0.25) is 0 Å². The number of carbonyl (C=O) groups is 1. The third-order valence-electron chi connectivity index (χ3n) is 5.83. The van der Waals surface area contributed by atoms with Gasteiger partial charge in [0.25, 0.3) is 0 Å². The molecule has 0 unspecified atom stereocenters. The summed E-state index contributed by atoms with van der Waals surface area (Å²) >= 11 is 0. The molecule has 7 heteroatoms. The fourth-order valence-electron chi connectivity index (χ4n) is 4.23. The van der Waals surface area contributed by atoms with Gasteiger partial charge in [-0.1, -0.05) is 30.3 Å². The molecule has 150 valence electrons. The highest BCUT2D eigenvalue weighted by molar-refractivity contribution is 5.75. The molecule has 1 aromatic heterocycles. The summed E-state index contributed by atoms with van der Waals surface area (Å²) in [4.78, 5) is 27.7. The summed E-state index contributed by atoms with van der Waals surface area (Å²) in [5.41, 5.74) is 0.893. The summed E-state index contributed by atoms with van der Waals surface area (Å²) in [7, 11) is 0. The molecule has 1 aromatic carbocycles. The Morgan fingerprint density at radius 3 is 2.50 bits per heavy atom. The van der Waals surface area contributed by atoms with Crippen molar-refractivity contribution in [3.63, 3.8) is 0 Å². The van der Waals surface area contributed by atoms with Crippen LogP contribution in [0.15, 0.2) is 35.1 Å². The molecule has 0 aliphatic carbocycles. The molecule has 4 rings (SSSR count). The molecule has 0 spiro atoms. The van der Waals surface area contributed by atoms with E-state index in [-0.39, 0.29) is 24.1 Å². The molecule has 2 aliphatic heterocycles. The highest BCUT2D eigenvalue weighted by Crippen LogP contribution is 2.23. The van der Waals surface area contributed by atoms with E-state index in [2.05, 4.69) is 10.4 Å². The van der Waals surface area contributed by atoms with Crippen molar-refractivity contribution in [3.05, 3.63) is 52.2 Å². The molecular formula is C21H29N5O2. The lowest BCUT2D eigenvalue weighted by Gasteiger charge is -2.26. The molecule has 1 N–H and O–H groups in total. The van der Waals surface area contributed by atoms with Crippen LogP contribution in [0.5, 0.6) is 0 Å². The van der Waals surface area contributed by atoms with Crippen LogP contribution in [0, 0.1) is 0 Å². The lowest BCUT2D eigenvalue weighted by atomic mass is 9.97. The van der Waals surface area contributed by atoms with Crippen molar-refractivity contribution < 1.29 is 4.79 Å². The largest absolute Gasteiger partial charge is 0.346 e. The van der Waals surface area contributed by atoms with Gasteiger partial charge >= 0.3 is 5.69 Å². The van der Waals surface area contributed by atoms with Crippen molar-refractivity contribution in [1.82, 2.24) is 24.6 Å². The Morgan fingerprint density at radius 1 is 1.07 bits per heavy atom. The molecule has 7 nitrogen and oxygen atoms in total. The minimum Gasteiger partial charge on any atom is -0.341 e. The smallest absolute Gasteiger partial charge is 0.341 e. The van der Waals surface area contributed by atoms with Crippen LogP contribution < -0.4 is 11.0 Å². The second-order valence-corrected chi connectivity index (χ2v) is 7.84. The number of nitrogens with one attached hydrogen (secondary N) is 1. The molecule has 0 bridgehead atoms. The van der Waals surface area contributed by atoms with E-state index in [0.29, 0.717) is 6.54 Å². The quantitative estimate of drug-likeness (QED) is 0.851. The first-order valence-electron chi connectivity index (χ1n) is 10.4. The summed E-state index contributed by atoms with van der Waals surface area (Å²) in [6.45, 7) is 3.99. The minimum atomic E-state index is -0.178. The molecule has 3 heterocycles. The maximum atomic E-state index is 13.1. The Kier molecular flexibility index (Phi) is 5.90. The molecule has 0 saturated carbocycles. The Bertz CT molecular complexity index is 845. The summed E-state index contributed by atoms with van der Waals surface area (Å²) in [6, 6.07) is 9.98. The molecular weight excluding hydrogens is 354 g/mol. The number of benzene rings is 1. The van der Waals surface area contributed by atoms with E-state index < -0.39 is 0 Å². The minimum absolute atomic E-state index is 0.00280.